The van der Waals surface area contributed by atoms with Gasteiger partial charge in [0.15, 0.2) is 0 Å². The first-order valence-electron chi connectivity index (χ1n) is 6.59. The van der Waals surface area contributed by atoms with E-state index in [1.807, 2.05) is 6.07 Å². The molecule has 5 heteroatoms. The Morgan fingerprint density at radius 3 is 2.62 bits per heavy atom. The van der Waals surface area contributed by atoms with Crippen LogP contribution in [0.15, 0.2) is 47.1 Å². The second kappa shape index (κ2) is 6.74. The number of hydrogen-bond acceptors (Lipinski definition) is 4. The van der Waals surface area contributed by atoms with E-state index in [0.717, 1.165) is 5.76 Å². The molecule has 0 atom stereocenters. The monoisotopic (exact) mass is 287 g/mol. The predicted molar refractivity (Wildman–Crippen MR) is 78.2 cm³/mol. The van der Waals surface area contributed by atoms with Gasteiger partial charge in [0.05, 0.1) is 24.6 Å². The number of furan rings is 1. The van der Waals surface area contributed by atoms with E-state index in [4.69, 9.17) is 9.15 Å². The van der Waals surface area contributed by atoms with Gasteiger partial charge in [0, 0.05) is 19.9 Å². The van der Waals surface area contributed by atoms with Crippen molar-refractivity contribution in [1.82, 2.24) is 0 Å². The molecule has 21 heavy (non-hydrogen) atoms. The second-order valence-electron chi connectivity index (χ2n) is 4.54. The fourth-order valence-electron chi connectivity index (χ4n) is 2.04. The highest BCUT2D eigenvalue weighted by atomic mass is 16.5. The number of carbonyl (C=O) groups excluding carboxylic acids is 2. The summed E-state index contributed by atoms with van der Waals surface area (Å²) in [6.45, 7) is 0. The highest BCUT2D eigenvalue weighted by molar-refractivity contribution is 6.02. The van der Waals surface area contributed by atoms with Crippen LogP contribution in [0, 0.1) is 0 Å². The number of nitrogens with zero attached hydrogens (tertiary/aromatic N) is 1. The van der Waals surface area contributed by atoms with Crippen LogP contribution in [0.3, 0.4) is 0 Å². The fourth-order valence-corrected chi connectivity index (χ4v) is 2.04. The third kappa shape index (κ3) is 3.51. The third-order valence-corrected chi connectivity index (χ3v) is 3.21. The molecule has 0 fully saturated rings. The van der Waals surface area contributed by atoms with Crippen molar-refractivity contribution in [3.63, 3.8) is 0 Å². The number of benzene rings is 1. The molecular weight excluding hydrogens is 270 g/mol. The maximum Gasteiger partial charge on any atom is 0.339 e. The summed E-state index contributed by atoms with van der Waals surface area (Å²) < 4.78 is 9.94. The van der Waals surface area contributed by atoms with Gasteiger partial charge in [0.1, 0.15) is 5.76 Å². The van der Waals surface area contributed by atoms with Gasteiger partial charge < -0.3 is 14.1 Å². The van der Waals surface area contributed by atoms with Crippen LogP contribution in [0.1, 0.15) is 22.5 Å². The van der Waals surface area contributed by atoms with Gasteiger partial charge in [-0.15, -0.1) is 0 Å². The van der Waals surface area contributed by atoms with Crippen LogP contribution in [0.4, 0.5) is 5.69 Å². The smallest absolute Gasteiger partial charge is 0.339 e. The SMILES string of the molecule is COC(=O)c1ccccc1N(C)C(=O)CCc1ccco1. The van der Waals surface area contributed by atoms with Crippen molar-refractivity contribution < 1.29 is 18.7 Å². The van der Waals surface area contributed by atoms with Crippen LogP contribution in [0.25, 0.3) is 0 Å². The molecular formula is C16H17NO4. The molecule has 0 saturated heterocycles. The topological polar surface area (TPSA) is 59.8 Å². The van der Waals surface area contributed by atoms with Crippen LogP contribution in [0.2, 0.25) is 0 Å². The Kier molecular flexibility index (Phi) is 4.77. The highest BCUT2D eigenvalue weighted by Crippen LogP contribution is 2.21. The maximum absolute atomic E-state index is 12.2. The maximum atomic E-state index is 12.2. The first-order chi connectivity index (χ1) is 10.1. The zero-order chi connectivity index (χ0) is 15.2. The highest BCUT2D eigenvalue weighted by Gasteiger charge is 2.18. The predicted octanol–water partition coefficient (Wildman–Crippen LogP) is 2.66. The van der Waals surface area contributed by atoms with E-state index in [0.29, 0.717) is 24.1 Å². The number of amides is 1. The van der Waals surface area contributed by atoms with Crippen molar-refractivity contribution >= 4 is 17.6 Å². The largest absolute Gasteiger partial charge is 0.469 e. The summed E-state index contributed by atoms with van der Waals surface area (Å²) in [5.74, 6) is 0.206. The summed E-state index contributed by atoms with van der Waals surface area (Å²) in [4.78, 5) is 25.4. The Bertz CT molecular complexity index is 619. The van der Waals surface area contributed by atoms with Crippen LogP contribution >= 0.6 is 0 Å². The minimum absolute atomic E-state index is 0.0947. The normalized spacial score (nSPS) is 10.2. The summed E-state index contributed by atoms with van der Waals surface area (Å²) >= 11 is 0. The van der Waals surface area contributed by atoms with E-state index in [1.54, 1.807) is 43.6 Å². The summed E-state index contributed by atoms with van der Waals surface area (Å²) in [7, 11) is 2.96. The molecule has 1 amide bonds. The number of esters is 1. The zero-order valence-corrected chi connectivity index (χ0v) is 12.0. The minimum atomic E-state index is -0.462. The molecule has 1 aromatic heterocycles. The summed E-state index contributed by atoms with van der Waals surface area (Å²) in [5, 5.41) is 0. The van der Waals surface area contributed by atoms with Crippen LogP contribution in [-0.2, 0) is 16.0 Å². The van der Waals surface area contributed by atoms with Crippen molar-refractivity contribution in [3.8, 4) is 0 Å². The average molecular weight is 287 g/mol. The second-order valence-corrected chi connectivity index (χ2v) is 4.54. The molecule has 2 aromatic rings. The van der Waals surface area contributed by atoms with Gasteiger partial charge >= 0.3 is 5.97 Å². The molecule has 1 heterocycles. The molecule has 110 valence electrons. The Morgan fingerprint density at radius 1 is 1.19 bits per heavy atom. The van der Waals surface area contributed by atoms with E-state index in [1.165, 1.54) is 12.0 Å². The average Bonchev–Trinajstić information content (AvgIpc) is 3.04. The zero-order valence-electron chi connectivity index (χ0n) is 12.0. The van der Waals surface area contributed by atoms with E-state index < -0.39 is 5.97 Å². The number of para-hydroxylation sites is 1. The lowest BCUT2D eigenvalue weighted by molar-refractivity contribution is -0.118. The number of hydrogen-bond donors (Lipinski definition) is 0. The molecule has 0 aliphatic heterocycles. The van der Waals surface area contributed by atoms with Gasteiger partial charge in [-0.3, -0.25) is 4.79 Å². The quantitative estimate of drug-likeness (QED) is 0.793. The first kappa shape index (κ1) is 14.8. The van der Waals surface area contributed by atoms with E-state index in [9.17, 15) is 9.59 Å². The van der Waals surface area contributed by atoms with Crippen molar-refractivity contribution in [1.29, 1.82) is 0 Å². The lowest BCUT2D eigenvalue weighted by Gasteiger charge is -2.19. The fraction of sp³-hybridized carbons (Fsp3) is 0.250. The molecule has 5 nitrogen and oxygen atoms in total. The molecule has 0 aliphatic carbocycles. The number of aryl methyl sites for hydroxylation is 1. The number of anilines is 1. The third-order valence-electron chi connectivity index (χ3n) is 3.21. The van der Waals surface area contributed by atoms with Crippen molar-refractivity contribution in [3.05, 3.63) is 54.0 Å². The summed E-state index contributed by atoms with van der Waals surface area (Å²) in [5.41, 5.74) is 0.905. The number of methoxy groups -OCH3 is 1. The van der Waals surface area contributed by atoms with Gasteiger partial charge in [-0.05, 0) is 24.3 Å². The molecule has 2 rings (SSSR count). The molecule has 0 radical (unpaired) electrons. The van der Waals surface area contributed by atoms with Crippen LogP contribution < -0.4 is 4.90 Å². The Hall–Kier alpha value is -2.56. The van der Waals surface area contributed by atoms with Gasteiger partial charge in [-0.1, -0.05) is 12.1 Å². The van der Waals surface area contributed by atoms with Gasteiger partial charge in [-0.25, -0.2) is 4.79 Å². The molecule has 1 aromatic carbocycles. The minimum Gasteiger partial charge on any atom is -0.469 e. The Labute approximate surface area is 123 Å². The number of ether oxygens (including phenoxy) is 1. The molecule has 0 saturated carbocycles. The molecule has 0 spiro atoms. The van der Waals surface area contributed by atoms with Crippen molar-refractivity contribution in [2.45, 2.75) is 12.8 Å². The van der Waals surface area contributed by atoms with E-state index in [-0.39, 0.29) is 5.91 Å². The van der Waals surface area contributed by atoms with E-state index >= 15 is 0 Å². The van der Waals surface area contributed by atoms with Gasteiger partial charge in [0.2, 0.25) is 5.91 Å². The summed E-state index contributed by atoms with van der Waals surface area (Å²) in [6, 6.07) is 10.5. The number of rotatable bonds is 5. The van der Waals surface area contributed by atoms with Crippen LogP contribution in [-0.4, -0.2) is 26.0 Å². The van der Waals surface area contributed by atoms with Crippen molar-refractivity contribution in [2.24, 2.45) is 0 Å². The van der Waals surface area contributed by atoms with Crippen LogP contribution in [0.5, 0.6) is 0 Å². The summed E-state index contributed by atoms with van der Waals surface area (Å²) in [6.07, 6.45) is 2.41. The van der Waals surface area contributed by atoms with E-state index in [2.05, 4.69) is 0 Å². The molecule has 0 unspecified atom stereocenters. The molecule has 0 bridgehead atoms. The van der Waals surface area contributed by atoms with Gasteiger partial charge in [0.25, 0.3) is 0 Å². The Balaban J connectivity index is 2.10. The molecule has 0 N–H and O–H groups in total. The Morgan fingerprint density at radius 2 is 1.95 bits per heavy atom. The van der Waals surface area contributed by atoms with Gasteiger partial charge in [-0.2, -0.15) is 0 Å². The lowest BCUT2D eigenvalue weighted by atomic mass is 10.1. The first-order valence-corrected chi connectivity index (χ1v) is 6.59. The standard InChI is InChI=1S/C16H17NO4/c1-17(15(18)10-9-12-6-5-11-21-12)14-8-4-3-7-13(14)16(19)20-2/h3-8,11H,9-10H2,1-2H3. The lowest BCUT2D eigenvalue weighted by Crippen LogP contribution is -2.28. The number of carbonyl (C=O) groups is 2. The molecule has 0 aliphatic rings. The van der Waals surface area contributed by atoms with Crippen molar-refractivity contribution in [2.75, 3.05) is 19.1 Å².